The van der Waals surface area contributed by atoms with Gasteiger partial charge in [-0.25, -0.2) is 4.68 Å². The summed E-state index contributed by atoms with van der Waals surface area (Å²) < 4.78 is 1.57. The highest BCUT2D eigenvalue weighted by molar-refractivity contribution is 9.09. The Kier molecular flexibility index (Phi) is 4.16. The van der Waals surface area contributed by atoms with Crippen LogP contribution in [-0.4, -0.2) is 25.2 Å². The van der Waals surface area contributed by atoms with Crippen molar-refractivity contribution in [2.24, 2.45) is 0 Å². The zero-order valence-electron chi connectivity index (χ0n) is 10.0. The van der Waals surface area contributed by atoms with Gasteiger partial charge in [0.2, 0.25) is 0 Å². The minimum Gasteiger partial charge on any atom is -0.258 e. The molecular formula is C11H10BrClN4O2. The fourth-order valence-corrected chi connectivity index (χ4v) is 2.30. The molecule has 0 fully saturated rings. The van der Waals surface area contributed by atoms with Gasteiger partial charge in [-0.3, -0.25) is 10.1 Å². The van der Waals surface area contributed by atoms with E-state index in [0.29, 0.717) is 11.3 Å². The summed E-state index contributed by atoms with van der Waals surface area (Å²) in [5, 5.41) is 19.7. The normalized spacial score (nSPS) is 10.7. The monoisotopic (exact) mass is 344 g/mol. The van der Waals surface area contributed by atoms with E-state index in [1.54, 1.807) is 17.8 Å². The van der Waals surface area contributed by atoms with Crippen molar-refractivity contribution in [1.29, 1.82) is 0 Å². The molecule has 0 saturated heterocycles. The van der Waals surface area contributed by atoms with Gasteiger partial charge in [0.15, 0.2) is 0 Å². The second kappa shape index (κ2) is 5.66. The molecule has 0 atom stereocenters. The zero-order chi connectivity index (χ0) is 14.0. The quantitative estimate of drug-likeness (QED) is 0.485. The summed E-state index contributed by atoms with van der Waals surface area (Å²) in [7, 11) is 0. The molecule has 2 aromatic rings. The van der Waals surface area contributed by atoms with E-state index >= 15 is 0 Å². The summed E-state index contributed by atoms with van der Waals surface area (Å²) in [6.07, 6.45) is 2.55. The largest absolute Gasteiger partial charge is 0.288 e. The minimum atomic E-state index is -0.503. The number of aromatic nitrogens is 3. The Morgan fingerprint density at radius 3 is 2.89 bits per heavy atom. The van der Waals surface area contributed by atoms with Gasteiger partial charge < -0.3 is 0 Å². The molecule has 0 aliphatic heterocycles. The fraction of sp³-hybridized carbons (Fsp3) is 0.273. The molecule has 0 radical (unpaired) electrons. The van der Waals surface area contributed by atoms with Crippen molar-refractivity contribution in [3.8, 4) is 5.69 Å². The van der Waals surface area contributed by atoms with Crippen LogP contribution in [-0.2, 0) is 6.42 Å². The zero-order valence-corrected chi connectivity index (χ0v) is 12.3. The van der Waals surface area contributed by atoms with E-state index in [1.807, 2.05) is 0 Å². The van der Waals surface area contributed by atoms with Crippen LogP contribution in [0.2, 0.25) is 5.02 Å². The number of nitro groups is 1. The Morgan fingerprint density at radius 2 is 2.26 bits per heavy atom. The number of rotatable bonds is 4. The van der Waals surface area contributed by atoms with Crippen LogP contribution in [0.3, 0.4) is 0 Å². The van der Waals surface area contributed by atoms with Gasteiger partial charge in [0.1, 0.15) is 5.02 Å². The van der Waals surface area contributed by atoms with E-state index in [-0.39, 0.29) is 10.7 Å². The van der Waals surface area contributed by atoms with Crippen LogP contribution < -0.4 is 0 Å². The third-order valence-corrected chi connectivity index (χ3v) is 3.30. The lowest BCUT2D eigenvalue weighted by molar-refractivity contribution is -0.384. The summed E-state index contributed by atoms with van der Waals surface area (Å²) >= 11 is 9.23. The molecule has 0 aliphatic carbocycles. The summed E-state index contributed by atoms with van der Waals surface area (Å²) in [4.78, 5) is 10.3. The van der Waals surface area contributed by atoms with Crippen molar-refractivity contribution in [3.63, 3.8) is 0 Å². The van der Waals surface area contributed by atoms with Crippen molar-refractivity contribution in [1.82, 2.24) is 15.0 Å². The summed E-state index contributed by atoms with van der Waals surface area (Å²) in [6, 6.07) is 2.96. The fourth-order valence-electron chi connectivity index (χ4n) is 1.67. The van der Waals surface area contributed by atoms with Crippen molar-refractivity contribution in [2.75, 3.05) is 5.33 Å². The number of benzene rings is 1. The van der Waals surface area contributed by atoms with Gasteiger partial charge in [0.05, 0.1) is 22.5 Å². The van der Waals surface area contributed by atoms with Crippen LogP contribution in [0.1, 0.15) is 11.3 Å². The van der Waals surface area contributed by atoms with E-state index in [2.05, 4.69) is 26.2 Å². The molecule has 19 heavy (non-hydrogen) atoms. The number of nitrogens with zero attached hydrogens (tertiary/aromatic N) is 4. The SMILES string of the molecule is Cc1cc([N+](=O)[O-])c(Cl)cc1-n1cc(CCBr)nn1. The molecule has 0 saturated carbocycles. The highest BCUT2D eigenvalue weighted by atomic mass is 79.9. The Labute approximate surface area is 122 Å². The average molecular weight is 346 g/mol. The molecule has 1 aromatic carbocycles. The second-order valence-electron chi connectivity index (χ2n) is 3.94. The summed E-state index contributed by atoms with van der Waals surface area (Å²) in [5.74, 6) is 0. The molecule has 0 unspecified atom stereocenters. The van der Waals surface area contributed by atoms with Crippen LogP contribution in [0.15, 0.2) is 18.3 Å². The van der Waals surface area contributed by atoms with Crippen molar-refractivity contribution < 1.29 is 4.92 Å². The van der Waals surface area contributed by atoms with Gasteiger partial charge in [-0.1, -0.05) is 32.7 Å². The third-order valence-electron chi connectivity index (χ3n) is 2.60. The number of hydrogen-bond donors (Lipinski definition) is 0. The van der Waals surface area contributed by atoms with Crippen LogP contribution in [0.4, 0.5) is 5.69 Å². The van der Waals surface area contributed by atoms with E-state index in [1.165, 1.54) is 12.1 Å². The maximum atomic E-state index is 10.8. The molecule has 6 nitrogen and oxygen atoms in total. The Bertz CT molecular complexity index is 629. The Morgan fingerprint density at radius 1 is 1.53 bits per heavy atom. The number of halogens is 2. The van der Waals surface area contributed by atoms with Gasteiger partial charge in [-0.05, 0) is 18.6 Å². The Balaban J connectivity index is 2.44. The molecule has 0 N–H and O–H groups in total. The van der Waals surface area contributed by atoms with Gasteiger partial charge >= 0.3 is 0 Å². The lowest BCUT2D eigenvalue weighted by Gasteiger charge is -2.05. The topological polar surface area (TPSA) is 73.8 Å². The highest BCUT2D eigenvalue weighted by Gasteiger charge is 2.16. The molecule has 8 heteroatoms. The number of aryl methyl sites for hydroxylation is 2. The van der Waals surface area contributed by atoms with E-state index in [4.69, 9.17) is 11.6 Å². The number of nitro benzene ring substituents is 1. The highest BCUT2D eigenvalue weighted by Crippen LogP contribution is 2.29. The molecule has 0 bridgehead atoms. The molecule has 0 amide bonds. The predicted molar refractivity (Wildman–Crippen MR) is 75.3 cm³/mol. The first-order valence-electron chi connectivity index (χ1n) is 5.45. The van der Waals surface area contributed by atoms with Gasteiger partial charge in [0, 0.05) is 17.8 Å². The van der Waals surface area contributed by atoms with E-state index < -0.39 is 4.92 Å². The third kappa shape index (κ3) is 2.93. The van der Waals surface area contributed by atoms with Crippen LogP contribution in [0.25, 0.3) is 5.69 Å². The van der Waals surface area contributed by atoms with Crippen molar-refractivity contribution in [3.05, 3.63) is 44.7 Å². The van der Waals surface area contributed by atoms with Crippen molar-refractivity contribution in [2.45, 2.75) is 13.3 Å². The van der Waals surface area contributed by atoms with Crippen LogP contribution in [0, 0.1) is 17.0 Å². The predicted octanol–water partition coefficient (Wildman–Crippen LogP) is 3.07. The molecule has 1 aromatic heterocycles. The molecule has 1 heterocycles. The molecule has 2 rings (SSSR count). The molecular weight excluding hydrogens is 336 g/mol. The number of hydrogen-bond acceptors (Lipinski definition) is 4. The minimum absolute atomic E-state index is 0.0862. The lowest BCUT2D eigenvalue weighted by Crippen LogP contribution is -2.00. The van der Waals surface area contributed by atoms with E-state index in [0.717, 1.165) is 17.4 Å². The first kappa shape index (κ1) is 14.0. The molecule has 0 aliphatic rings. The molecule has 0 spiro atoms. The maximum Gasteiger partial charge on any atom is 0.288 e. The first-order valence-corrected chi connectivity index (χ1v) is 6.95. The van der Waals surface area contributed by atoms with Gasteiger partial charge in [-0.2, -0.15) is 0 Å². The van der Waals surface area contributed by atoms with Crippen molar-refractivity contribution >= 4 is 33.2 Å². The Hall–Kier alpha value is -1.47. The second-order valence-corrected chi connectivity index (χ2v) is 5.14. The van der Waals surface area contributed by atoms with Gasteiger partial charge in [0.25, 0.3) is 5.69 Å². The number of alkyl halides is 1. The first-order chi connectivity index (χ1) is 9.02. The van der Waals surface area contributed by atoms with Gasteiger partial charge in [-0.15, -0.1) is 5.10 Å². The summed E-state index contributed by atoms with van der Waals surface area (Å²) in [5.41, 5.74) is 2.13. The standard InChI is InChI=1S/C11H10BrClN4O2/c1-7-4-11(17(18)19)9(13)5-10(7)16-6-8(2-3-12)14-15-16/h4-6H,2-3H2,1H3. The maximum absolute atomic E-state index is 10.8. The van der Waals surface area contributed by atoms with Crippen LogP contribution in [0.5, 0.6) is 0 Å². The molecule has 100 valence electrons. The van der Waals surface area contributed by atoms with E-state index in [9.17, 15) is 10.1 Å². The summed E-state index contributed by atoms with van der Waals surface area (Å²) in [6.45, 7) is 1.77. The lowest BCUT2D eigenvalue weighted by atomic mass is 10.2. The van der Waals surface area contributed by atoms with Crippen LogP contribution >= 0.6 is 27.5 Å². The average Bonchev–Trinajstić information content (AvgIpc) is 2.80. The smallest absolute Gasteiger partial charge is 0.258 e.